The predicted octanol–water partition coefficient (Wildman–Crippen LogP) is 6.49. The van der Waals surface area contributed by atoms with Crippen molar-refractivity contribution in [3.8, 4) is 0 Å². The fourth-order valence-corrected chi connectivity index (χ4v) is 5.98. The van der Waals surface area contributed by atoms with Crippen LogP contribution in [0.4, 0.5) is 11.4 Å². The number of furan rings is 1. The second-order valence-corrected chi connectivity index (χ2v) is 10.7. The highest BCUT2D eigenvalue weighted by Crippen LogP contribution is 2.43. The van der Waals surface area contributed by atoms with Crippen LogP contribution in [0.5, 0.6) is 0 Å². The molecular formula is C28H25ClN4O2S2. The number of rotatable bonds is 6. The Morgan fingerprint density at radius 2 is 1.68 bits per heavy atom. The van der Waals surface area contributed by atoms with Gasteiger partial charge in [-0.2, -0.15) is 0 Å². The third-order valence-electron chi connectivity index (χ3n) is 6.53. The van der Waals surface area contributed by atoms with E-state index < -0.39 is 0 Å². The molecule has 0 amide bonds. The van der Waals surface area contributed by atoms with Crippen molar-refractivity contribution in [1.82, 2.24) is 10.3 Å². The van der Waals surface area contributed by atoms with E-state index in [0.717, 1.165) is 53.4 Å². The molecule has 6 rings (SSSR count). The normalized spacial score (nSPS) is 19.8. The van der Waals surface area contributed by atoms with Crippen LogP contribution in [0.2, 0.25) is 5.02 Å². The van der Waals surface area contributed by atoms with Crippen molar-refractivity contribution >= 4 is 52.1 Å². The van der Waals surface area contributed by atoms with Crippen LogP contribution in [0.15, 0.2) is 99.5 Å². The highest BCUT2D eigenvalue weighted by atomic mass is 35.5. The molecule has 0 radical (unpaired) electrons. The Kier molecular flexibility index (Phi) is 7.06. The zero-order chi connectivity index (χ0) is 25.2. The SMILES string of the molecule is S=C1N[C@H](c2ccccn2)[C@@H](c2ccc(Sc3ccc(Cl)cc3)o2)N1c1ccc(N2CCOCC2)cc1. The van der Waals surface area contributed by atoms with Gasteiger partial charge in [-0.25, -0.2) is 0 Å². The minimum Gasteiger partial charge on any atom is -0.452 e. The largest absolute Gasteiger partial charge is 0.452 e. The molecule has 0 aliphatic carbocycles. The van der Waals surface area contributed by atoms with Gasteiger partial charge in [-0.3, -0.25) is 4.98 Å². The van der Waals surface area contributed by atoms with E-state index in [1.165, 1.54) is 5.69 Å². The predicted molar refractivity (Wildman–Crippen MR) is 152 cm³/mol. The van der Waals surface area contributed by atoms with Crippen molar-refractivity contribution in [1.29, 1.82) is 0 Å². The summed E-state index contributed by atoms with van der Waals surface area (Å²) in [5.41, 5.74) is 3.09. The molecule has 4 aromatic rings. The summed E-state index contributed by atoms with van der Waals surface area (Å²) in [5.74, 6) is 0.816. The lowest BCUT2D eigenvalue weighted by molar-refractivity contribution is 0.122. The third-order valence-corrected chi connectivity index (χ3v) is 8.02. The minimum atomic E-state index is -0.198. The van der Waals surface area contributed by atoms with E-state index in [4.69, 9.17) is 33.0 Å². The molecule has 37 heavy (non-hydrogen) atoms. The zero-order valence-corrected chi connectivity index (χ0v) is 22.3. The molecule has 2 saturated heterocycles. The number of pyridine rings is 1. The van der Waals surface area contributed by atoms with Gasteiger partial charge in [-0.1, -0.05) is 29.4 Å². The molecule has 2 aliphatic heterocycles. The Hall–Kier alpha value is -3.04. The lowest BCUT2D eigenvalue weighted by Crippen LogP contribution is -2.36. The van der Waals surface area contributed by atoms with Crippen LogP contribution < -0.4 is 15.1 Å². The average Bonchev–Trinajstić information content (AvgIpc) is 3.55. The summed E-state index contributed by atoms with van der Waals surface area (Å²) >= 11 is 13.5. The fraction of sp³-hybridized carbons (Fsp3) is 0.214. The molecule has 2 aliphatic rings. The van der Waals surface area contributed by atoms with Crippen molar-refractivity contribution in [2.45, 2.75) is 22.1 Å². The summed E-state index contributed by atoms with van der Waals surface area (Å²) in [6.45, 7) is 3.30. The summed E-state index contributed by atoms with van der Waals surface area (Å²) in [6.07, 6.45) is 1.81. The van der Waals surface area contributed by atoms with Crippen molar-refractivity contribution in [3.05, 3.63) is 102 Å². The van der Waals surface area contributed by atoms with Gasteiger partial charge in [-0.05, 0) is 85.0 Å². The van der Waals surface area contributed by atoms with Crippen LogP contribution in [0.3, 0.4) is 0 Å². The second-order valence-electron chi connectivity index (χ2n) is 8.83. The Morgan fingerprint density at radius 1 is 0.919 bits per heavy atom. The number of nitrogens with zero attached hydrogens (tertiary/aromatic N) is 3. The Labute approximate surface area is 230 Å². The summed E-state index contributed by atoms with van der Waals surface area (Å²) in [6, 6.07) is 25.9. The molecule has 0 spiro atoms. The average molecular weight is 549 g/mol. The van der Waals surface area contributed by atoms with Crippen LogP contribution in [0, 0.1) is 0 Å². The van der Waals surface area contributed by atoms with Crippen LogP contribution in [-0.2, 0) is 4.74 Å². The summed E-state index contributed by atoms with van der Waals surface area (Å²) in [7, 11) is 0. The topological polar surface area (TPSA) is 53.8 Å². The first-order chi connectivity index (χ1) is 18.2. The fourth-order valence-electron chi connectivity index (χ4n) is 4.73. The molecule has 9 heteroatoms. The molecule has 6 nitrogen and oxygen atoms in total. The number of halogens is 1. The summed E-state index contributed by atoms with van der Waals surface area (Å²) < 4.78 is 11.9. The van der Waals surface area contributed by atoms with Crippen LogP contribution >= 0.6 is 35.6 Å². The van der Waals surface area contributed by atoms with Crippen LogP contribution in [-0.4, -0.2) is 36.4 Å². The smallest absolute Gasteiger partial charge is 0.174 e. The highest BCUT2D eigenvalue weighted by Gasteiger charge is 2.42. The molecule has 0 unspecified atom stereocenters. The number of ether oxygens (including phenoxy) is 1. The first-order valence-electron chi connectivity index (χ1n) is 12.1. The van der Waals surface area contributed by atoms with Crippen molar-refractivity contribution in [2.75, 3.05) is 36.1 Å². The molecule has 4 heterocycles. The minimum absolute atomic E-state index is 0.160. The highest BCUT2D eigenvalue weighted by molar-refractivity contribution is 7.99. The van der Waals surface area contributed by atoms with Crippen LogP contribution in [0.25, 0.3) is 0 Å². The molecule has 2 atom stereocenters. The maximum absolute atomic E-state index is 6.41. The number of morpholine rings is 1. The monoisotopic (exact) mass is 548 g/mol. The molecule has 2 fully saturated rings. The van der Waals surface area contributed by atoms with E-state index in [1.807, 2.05) is 54.6 Å². The Morgan fingerprint density at radius 3 is 2.41 bits per heavy atom. The van der Waals surface area contributed by atoms with E-state index in [9.17, 15) is 0 Å². The lowest BCUT2D eigenvalue weighted by Gasteiger charge is -2.30. The maximum Gasteiger partial charge on any atom is 0.174 e. The maximum atomic E-state index is 6.41. The van der Waals surface area contributed by atoms with E-state index in [-0.39, 0.29) is 12.1 Å². The van der Waals surface area contributed by atoms with Gasteiger partial charge in [0.25, 0.3) is 0 Å². The number of thiocarbonyl (C=S) groups is 1. The van der Waals surface area contributed by atoms with Gasteiger partial charge in [0.1, 0.15) is 11.8 Å². The number of nitrogens with one attached hydrogen (secondary N) is 1. The van der Waals surface area contributed by atoms with Crippen molar-refractivity contribution in [3.63, 3.8) is 0 Å². The van der Waals surface area contributed by atoms with Gasteiger partial charge < -0.3 is 24.3 Å². The van der Waals surface area contributed by atoms with Gasteiger partial charge >= 0.3 is 0 Å². The molecule has 2 aromatic heterocycles. The summed E-state index contributed by atoms with van der Waals surface area (Å²) in [4.78, 5) is 10.2. The molecule has 0 bridgehead atoms. The summed E-state index contributed by atoms with van der Waals surface area (Å²) in [5, 5.41) is 5.65. The van der Waals surface area contributed by atoms with Gasteiger partial charge in [-0.15, -0.1) is 0 Å². The molecule has 0 saturated carbocycles. The number of hydrogen-bond acceptors (Lipinski definition) is 6. The van der Waals surface area contributed by atoms with E-state index in [2.05, 4.69) is 44.4 Å². The molecular weight excluding hydrogens is 524 g/mol. The zero-order valence-electron chi connectivity index (χ0n) is 19.9. The second kappa shape index (κ2) is 10.8. The van der Waals surface area contributed by atoms with E-state index in [0.29, 0.717) is 10.1 Å². The number of hydrogen-bond donors (Lipinski definition) is 1. The Bertz CT molecular complexity index is 1360. The first kappa shape index (κ1) is 24.3. The van der Waals surface area contributed by atoms with Crippen molar-refractivity contribution in [2.24, 2.45) is 0 Å². The number of benzene rings is 2. The third kappa shape index (κ3) is 5.20. The van der Waals surface area contributed by atoms with Crippen LogP contribution in [0.1, 0.15) is 23.5 Å². The standard InChI is InChI=1S/C28H25ClN4O2S2/c29-19-4-10-22(11-5-19)37-25-13-12-24(35-25)27-26(23-3-1-2-14-30-23)31-28(36)33(27)21-8-6-20(7-9-21)32-15-17-34-18-16-32/h1-14,26-27H,15-18H2,(H,31,36)/t26-,27-/m1/s1. The quantitative estimate of drug-likeness (QED) is 0.274. The van der Waals surface area contributed by atoms with Gasteiger partial charge in [0.05, 0.1) is 24.9 Å². The molecule has 2 aromatic carbocycles. The number of anilines is 2. The molecule has 1 N–H and O–H groups in total. The first-order valence-corrected chi connectivity index (χ1v) is 13.7. The lowest BCUT2D eigenvalue weighted by atomic mass is 10.0. The molecule has 188 valence electrons. The number of aromatic nitrogens is 1. The van der Waals surface area contributed by atoms with Crippen molar-refractivity contribution < 1.29 is 9.15 Å². The van der Waals surface area contributed by atoms with Gasteiger partial charge in [0.15, 0.2) is 10.2 Å². The van der Waals surface area contributed by atoms with E-state index >= 15 is 0 Å². The van der Waals surface area contributed by atoms with Gasteiger partial charge in [0, 0.05) is 40.6 Å². The van der Waals surface area contributed by atoms with E-state index in [1.54, 1.807) is 18.0 Å². The van der Waals surface area contributed by atoms with Gasteiger partial charge in [0.2, 0.25) is 0 Å². The Balaban J connectivity index is 1.32.